The summed E-state index contributed by atoms with van der Waals surface area (Å²) in [5.74, 6) is -0.174. The van der Waals surface area contributed by atoms with Crippen molar-refractivity contribution >= 4 is 11.6 Å². The van der Waals surface area contributed by atoms with Crippen LogP contribution in [-0.2, 0) is 13.0 Å². The average Bonchev–Trinajstić information content (AvgIpc) is 2.74. The Hall–Kier alpha value is -1.38. The molecule has 2 atom stereocenters. The smallest absolute Gasteiger partial charge is 0.127 e. The van der Waals surface area contributed by atoms with Crippen molar-refractivity contribution in [1.29, 1.82) is 0 Å². The van der Waals surface area contributed by atoms with Gasteiger partial charge in [0.25, 0.3) is 0 Å². The van der Waals surface area contributed by atoms with Gasteiger partial charge in [-0.15, -0.1) is 11.6 Å². The lowest BCUT2D eigenvalue weighted by Crippen LogP contribution is -2.25. The second-order valence-corrected chi connectivity index (χ2v) is 5.43. The van der Waals surface area contributed by atoms with Crippen LogP contribution in [0.25, 0.3) is 0 Å². The standard InChI is InChI=1S/C16H15ClFN/c17-14-9-11-5-1-3-7-13(11)16(14)19-10-12-6-2-4-8-15(12)18/h1-8,14,16,19H,9-10H2. The molecule has 0 saturated heterocycles. The summed E-state index contributed by atoms with van der Waals surface area (Å²) in [6.45, 7) is 0.495. The van der Waals surface area contributed by atoms with Crippen molar-refractivity contribution in [1.82, 2.24) is 5.32 Å². The van der Waals surface area contributed by atoms with Crippen LogP contribution in [0.4, 0.5) is 4.39 Å². The average molecular weight is 276 g/mol. The molecule has 2 unspecified atom stereocenters. The predicted octanol–water partition coefficient (Wildman–Crippen LogP) is 3.82. The summed E-state index contributed by atoms with van der Waals surface area (Å²) in [6.07, 6.45) is 0.868. The fraction of sp³-hybridized carbons (Fsp3) is 0.250. The lowest BCUT2D eigenvalue weighted by atomic mass is 10.1. The van der Waals surface area contributed by atoms with E-state index in [0.29, 0.717) is 12.1 Å². The minimum Gasteiger partial charge on any atom is -0.304 e. The SMILES string of the molecule is Fc1ccccc1CNC1c2ccccc2CC1Cl. The first-order valence-electron chi connectivity index (χ1n) is 6.44. The van der Waals surface area contributed by atoms with E-state index < -0.39 is 0 Å². The third-order valence-electron chi connectivity index (χ3n) is 3.64. The van der Waals surface area contributed by atoms with Crippen LogP contribution < -0.4 is 5.32 Å². The van der Waals surface area contributed by atoms with Crippen molar-refractivity contribution in [2.45, 2.75) is 24.4 Å². The fourth-order valence-electron chi connectivity index (χ4n) is 2.65. The van der Waals surface area contributed by atoms with E-state index in [2.05, 4.69) is 17.4 Å². The largest absolute Gasteiger partial charge is 0.304 e. The Morgan fingerprint density at radius 1 is 1.11 bits per heavy atom. The maximum atomic E-state index is 13.6. The predicted molar refractivity (Wildman–Crippen MR) is 75.8 cm³/mol. The number of fused-ring (bicyclic) bond motifs is 1. The van der Waals surface area contributed by atoms with Gasteiger partial charge >= 0.3 is 0 Å². The van der Waals surface area contributed by atoms with Gasteiger partial charge in [-0.2, -0.15) is 0 Å². The molecule has 3 rings (SSSR count). The molecule has 1 aliphatic rings. The Bertz CT molecular complexity index is 584. The van der Waals surface area contributed by atoms with Crippen LogP contribution in [0.1, 0.15) is 22.7 Å². The van der Waals surface area contributed by atoms with E-state index >= 15 is 0 Å². The van der Waals surface area contributed by atoms with Crippen LogP contribution in [0.5, 0.6) is 0 Å². The fourth-order valence-corrected chi connectivity index (χ4v) is 3.04. The summed E-state index contributed by atoms with van der Waals surface area (Å²) in [5.41, 5.74) is 3.20. The number of hydrogen-bond donors (Lipinski definition) is 1. The summed E-state index contributed by atoms with van der Waals surface area (Å²) >= 11 is 6.39. The highest BCUT2D eigenvalue weighted by molar-refractivity contribution is 6.21. The van der Waals surface area contributed by atoms with Crippen LogP contribution in [0.2, 0.25) is 0 Å². The van der Waals surface area contributed by atoms with Crippen molar-refractivity contribution in [3.05, 3.63) is 71.0 Å². The molecule has 0 aromatic heterocycles. The molecule has 0 heterocycles. The Kier molecular flexibility index (Phi) is 3.54. The van der Waals surface area contributed by atoms with Crippen LogP contribution in [0.3, 0.4) is 0 Å². The highest BCUT2D eigenvalue weighted by atomic mass is 35.5. The Morgan fingerprint density at radius 2 is 1.84 bits per heavy atom. The molecule has 1 aliphatic carbocycles. The summed E-state index contributed by atoms with van der Waals surface area (Å²) in [7, 11) is 0. The van der Waals surface area contributed by atoms with Crippen molar-refractivity contribution in [3.8, 4) is 0 Å². The monoisotopic (exact) mass is 275 g/mol. The number of halogens is 2. The van der Waals surface area contributed by atoms with Gasteiger partial charge < -0.3 is 5.32 Å². The van der Waals surface area contributed by atoms with Crippen LogP contribution in [-0.4, -0.2) is 5.38 Å². The molecule has 2 aromatic rings. The first kappa shape index (κ1) is 12.6. The second-order valence-electron chi connectivity index (χ2n) is 4.87. The van der Waals surface area contributed by atoms with Gasteiger partial charge in [0.2, 0.25) is 0 Å². The number of hydrogen-bond acceptors (Lipinski definition) is 1. The molecule has 2 aromatic carbocycles. The Labute approximate surface area is 117 Å². The lowest BCUT2D eigenvalue weighted by Gasteiger charge is -2.17. The van der Waals surface area contributed by atoms with Gasteiger partial charge in [0.15, 0.2) is 0 Å². The molecule has 0 bridgehead atoms. The summed E-state index contributed by atoms with van der Waals surface area (Å²) < 4.78 is 13.6. The van der Waals surface area contributed by atoms with Gasteiger partial charge in [-0.05, 0) is 23.6 Å². The molecule has 19 heavy (non-hydrogen) atoms. The molecule has 0 fully saturated rings. The maximum absolute atomic E-state index is 13.6. The first-order valence-corrected chi connectivity index (χ1v) is 6.88. The first-order chi connectivity index (χ1) is 9.25. The zero-order valence-electron chi connectivity index (χ0n) is 10.4. The Morgan fingerprint density at radius 3 is 2.68 bits per heavy atom. The zero-order valence-corrected chi connectivity index (χ0v) is 11.2. The third-order valence-corrected chi connectivity index (χ3v) is 4.04. The maximum Gasteiger partial charge on any atom is 0.127 e. The topological polar surface area (TPSA) is 12.0 Å². The molecule has 0 amide bonds. The van der Waals surface area contributed by atoms with E-state index in [-0.39, 0.29) is 17.2 Å². The van der Waals surface area contributed by atoms with E-state index in [1.165, 1.54) is 17.2 Å². The van der Waals surface area contributed by atoms with Gasteiger partial charge in [-0.3, -0.25) is 0 Å². The van der Waals surface area contributed by atoms with Crippen molar-refractivity contribution in [3.63, 3.8) is 0 Å². The number of nitrogens with one attached hydrogen (secondary N) is 1. The van der Waals surface area contributed by atoms with Crippen LogP contribution >= 0.6 is 11.6 Å². The van der Waals surface area contributed by atoms with Crippen LogP contribution in [0, 0.1) is 5.82 Å². The van der Waals surface area contributed by atoms with E-state index in [1.54, 1.807) is 12.1 Å². The highest BCUT2D eigenvalue weighted by Crippen LogP contribution is 2.34. The van der Waals surface area contributed by atoms with Crippen LogP contribution in [0.15, 0.2) is 48.5 Å². The van der Waals surface area contributed by atoms with Gasteiger partial charge in [0.05, 0.1) is 5.38 Å². The van der Waals surface area contributed by atoms with Gasteiger partial charge in [-0.1, -0.05) is 42.5 Å². The zero-order chi connectivity index (χ0) is 13.2. The summed E-state index contributed by atoms with van der Waals surface area (Å²) in [5, 5.41) is 3.40. The van der Waals surface area contributed by atoms with E-state index in [0.717, 1.165) is 6.42 Å². The summed E-state index contributed by atoms with van der Waals surface area (Å²) in [6, 6.07) is 15.2. The molecule has 0 saturated carbocycles. The quantitative estimate of drug-likeness (QED) is 0.840. The highest BCUT2D eigenvalue weighted by Gasteiger charge is 2.30. The van der Waals surface area contributed by atoms with E-state index in [4.69, 9.17) is 11.6 Å². The summed E-state index contributed by atoms with van der Waals surface area (Å²) in [4.78, 5) is 0. The molecule has 1 N–H and O–H groups in total. The van der Waals surface area contributed by atoms with E-state index in [9.17, 15) is 4.39 Å². The second kappa shape index (κ2) is 5.32. The van der Waals surface area contributed by atoms with Gasteiger partial charge in [0, 0.05) is 18.2 Å². The van der Waals surface area contributed by atoms with Crippen molar-refractivity contribution in [2.24, 2.45) is 0 Å². The number of benzene rings is 2. The van der Waals surface area contributed by atoms with Crippen molar-refractivity contribution in [2.75, 3.05) is 0 Å². The normalized spacial score (nSPS) is 21.4. The number of alkyl halides is 1. The molecule has 0 radical (unpaired) electrons. The third kappa shape index (κ3) is 2.51. The Balaban J connectivity index is 1.76. The minimum atomic E-state index is -0.174. The minimum absolute atomic E-state index is 0.0316. The van der Waals surface area contributed by atoms with Gasteiger partial charge in [0.1, 0.15) is 5.82 Å². The number of rotatable bonds is 3. The molecular weight excluding hydrogens is 261 g/mol. The van der Waals surface area contributed by atoms with Gasteiger partial charge in [-0.25, -0.2) is 4.39 Å². The molecule has 3 heteroatoms. The molecule has 1 nitrogen and oxygen atoms in total. The molecule has 0 aliphatic heterocycles. The van der Waals surface area contributed by atoms with Crippen molar-refractivity contribution < 1.29 is 4.39 Å². The molecular formula is C16H15ClFN. The molecule has 98 valence electrons. The molecule has 0 spiro atoms. The van der Waals surface area contributed by atoms with E-state index in [1.807, 2.05) is 18.2 Å². The lowest BCUT2D eigenvalue weighted by molar-refractivity contribution is 0.518.